The van der Waals surface area contributed by atoms with Crippen LogP contribution in [0.2, 0.25) is 0 Å². The summed E-state index contributed by atoms with van der Waals surface area (Å²) < 4.78 is 0. The highest BCUT2D eigenvalue weighted by atomic mass is 32.1. The Balaban J connectivity index is 1.59. The molecule has 3 amide bonds. The number of nitrogens with one attached hydrogen (secondary N) is 2. The van der Waals surface area contributed by atoms with Crippen molar-refractivity contribution < 1.29 is 14.4 Å². The van der Waals surface area contributed by atoms with Gasteiger partial charge in [0.05, 0.1) is 16.1 Å². The molecular weight excluding hydrogens is 374 g/mol. The number of amides is 3. The zero-order valence-corrected chi connectivity index (χ0v) is 16.9. The van der Waals surface area contributed by atoms with E-state index in [1.165, 1.54) is 11.3 Å². The Morgan fingerprint density at radius 2 is 1.79 bits per heavy atom. The number of benzene rings is 1. The van der Waals surface area contributed by atoms with Gasteiger partial charge in [0.15, 0.2) is 0 Å². The third-order valence-corrected chi connectivity index (χ3v) is 5.59. The van der Waals surface area contributed by atoms with Crippen molar-refractivity contribution in [1.29, 1.82) is 0 Å². The quantitative estimate of drug-likeness (QED) is 0.809. The molecule has 0 atom stereocenters. The topological polar surface area (TPSA) is 78.5 Å². The number of likely N-dealkylation sites (tertiary alicyclic amines) is 1. The molecule has 1 saturated heterocycles. The van der Waals surface area contributed by atoms with E-state index in [1.54, 1.807) is 29.2 Å². The van der Waals surface area contributed by atoms with E-state index in [2.05, 4.69) is 10.6 Å². The maximum absolute atomic E-state index is 12.7. The van der Waals surface area contributed by atoms with Crippen molar-refractivity contribution in [2.24, 2.45) is 5.92 Å². The van der Waals surface area contributed by atoms with Gasteiger partial charge in [0, 0.05) is 25.0 Å². The van der Waals surface area contributed by atoms with Gasteiger partial charge in [0.25, 0.3) is 11.8 Å². The van der Waals surface area contributed by atoms with E-state index in [1.807, 2.05) is 31.4 Å². The SMILES string of the molecule is CC(C)NC(=O)c1ccccc1NC(=O)C1CCN(C(=O)c2cccs2)CC1. The predicted molar refractivity (Wildman–Crippen MR) is 111 cm³/mol. The summed E-state index contributed by atoms with van der Waals surface area (Å²) in [5.41, 5.74) is 0.970. The van der Waals surface area contributed by atoms with Gasteiger partial charge in [-0.3, -0.25) is 14.4 Å². The van der Waals surface area contributed by atoms with Crippen LogP contribution in [0.5, 0.6) is 0 Å². The van der Waals surface area contributed by atoms with Gasteiger partial charge in [-0.15, -0.1) is 11.3 Å². The van der Waals surface area contributed by atoms with Gasteiger partial charge in [0.2, 0.25) is 5.91 Å². The van der Waals surface area contributed by atoms with Crippen LogP contribution in [0.1, 0.15) is 46.7 Å². The number of nitrogens with zero attached hydrogens (tertiary/aromatic N) is 1. The number of carbonyl (C=O) groups is 3. The van der Waals surface area contributed by atoms with Crippen molar-refractivity contribution in [3.8, 4) is 0 Å². The molecule has 148 valence electrons. The molecular formula is C21H25N3O3S. The van der Waals surface area contributed by atoms with Crippen LogP contribution >= 0.6 is 11.3 Å². The molecule has 0 spiro atoms. The summed E-state index contributed by atoms with van der Waals surface area (Å²) in [6.07, 6.45) is 1.23. The van der Waals surface area contributed by atoms with Gasteiger partial charge in [-0.05, 0) is 50.3 Å². The molecule has 2 aromatic rings. The highest BCUT2D eigenvalue weighted by Crippen LogP contribution is 2.23. The molecule has 0 aliphatic carbocycles. The Morgan fingerprint density at radius 3 is 2.43 bits per heavy atom. The third-order valence-electron chi connectivity index (χ3n) is 4.73. The van der Waals surface area contributed by atoms with Crippen LogP contribution in [0.15, 0.2) is 41.8 Å². The molecule has 2 heterocycles. The van der Waals surface area contributed by atoms with E-state index in [9.17, 15) is 14.4 Å². The number of carbonyl (C=O) groups excluding carboxylic acids is 3. The number of hydrogen-bond donors (Lipinski definition) is 2. The van der Waals surface area contributed by atoms with Gasteiger partial charge in [-0.1, -0.05) is 18.2 Å². The molecule has 1 aromatic carbocycles. The maximum atomic E-state index is 12.7. The summed E-state index contributed by atoms with van der Waals surface area (Å²) in [7, 11) is 0. The third kappa shape index (κ3) is 4.78. The van der Waals surface area contributed by atoms with Gasteiger partial charge in [-0.2, -0.15) is 0 Å². The summed E-state index contributed by atoms with van der Waals surface area (Å²) in [6.45, 7) is 4.91. The first-order valence-electron chi connectivity index (χ1n) is 9.49. The highest BCUT2D eigenvalue weighted by Gasteiger charge is 2.28. The first-order chi connectivity index (χ1) is 13.5. The number of para-hydroxylation sites is 1. The lowest BCUT2D eigenvalue weighted by Crippen LogP contribution is -2.41. The number of rotatable bonds is 5. The van der Waals surface area contributed by atoms with Crippen LogP contribution in [0.25, 0.3) is 0 Å². The monoisotopic (exact) mass is 399 g/mol. The molecule has 0 unspecified atom stereocenters. The van der Waals surface area contributed by atoms with E-state index >= 15 is 0 Å². The van der Waals surface area contributed by atoms with Crippen molar-refractivity contribution in [2.75, 3.05) is 18.4 Å². The minimum atomic E-state index is -0.206. The Labute approximate surface area is 168 Å². The molecule has 1 fully saturated rings. The summed E-state index contributed by atoms with van der Waals surface area (Å²) in [4.78, 5) is 40.0. The standard InChI is InChI=1S/C21H25N3O3S/c1-14(2)22-20(26)16-6-3-4-7-17(16)23-19(25)15-9-11-24(12-10-15)21(27)18-8-5-13-28-18/h3-8,13-15H,9-12H2,1-2H3,(H,22,26)(H,23,25). The highest BCUT2D eigenvalue weighted by molar-refractivity contribution is 7.12. The maximum Gasteiger partial charge on any atom is 0.263 e. The number of thiophene rings is 1. The van der Waals surface area contributed by atoms with Gasteiger partial charge < -0.3 is 15.5 Å². The summed E-state index contributed by atoms with van der Waals surface area (Å²) >= 11 is 1.43. The molecule has 0 saturated carbocycles. The second kappa shape index (κ2) is 9.01. The molecule has 0 bridgehead atoms. The second-order valence-electron chi connectivity index (χ2n) is 7.21. The Bertz CT molecular complexity index is 840. The van der Waals surface area contributed by atoms with Crippen LogP contribution in [0.4, 0.5) is 5.69 Å². The Kier molecular flexibility index (Phi) is 6.46. The summed E-state index contributed by atoms with van der Waals surface area (Å²) in [5.74, 6) is -0.451. The molecule has 2 N–H and O–H groups in total. The van der Waals surface area contributed by atoms with E-state index in [0.717, 1.165) is 4.88 Å². The van der Waals surface area contributed by atoms with Gasteiger partial charge >= 0.3 is 0 Å². The van der Waals surface area contributed by atoms with Gasteiger partial charge in [-0.25, -0.2) is 0 Å². The molecule has 1 aromatic heterocycles. The normalized spacial score (nSPS) is 14.8. The summed E-state index contributed by atoms with van der Waals surface area (Å²) in [6, 6.07) is 10.7. The summed E-state index contributed by atoms with van der Waals surface area (Å²) in [5, 5.41) is 7.64. The minimum Gasteiger partial charge on any atom is -0.350 e. The van der Waals surface area contributed by atoms with E-state index in [-0.39, 0.29) is 29.7 Å². The van der Waals surface area contributed by atoms with Crippen molar-refractivity contribution in [1.82, 2.24) is 10.2 Å². The number of piperidine rings is 1. The lowest BCUT2D eigenvalue weighted by Gasteiger charge is -2.31. The van der Waals surface area contributed by atoms with Crippen LogP contribution in [0, 0.1) is 5.92 Å². The Morgan fingerprint density at radius 1 is 1.07 bits per heavy atom. The molecule has 28 heavy (non-hydrogen) atoms. The molecule has 6 nitrogen and oxygen atoms in total. The fourth-order valence-corrected chi connectivity index (χ4v) is 3.96. The average Bonchev–Trinajstić information content (AvgIpc) is 3.22. The first kappa shape index (κ1) is 20.1. The number of anilines is 1. The second-order valence-corrected chi connectivity index (χ2v) is 8.15. The lowest BCUT2D eigenvalue weighted by atomic mass is 9.95. The smallest absolute Gasteiger partial charge is 0.263 e. The zero-order chi connectivity index (χ0) is 20.1. The van der Waals surface area contributed by atoms with Gasteiger partial charge in [0.1, 0.15) is 0 Å². The zero-order valence-electron chi connectivity index (χ0n) is 16.1. The van der Waals surface area contributed by atoms with E-state index in [0.29, 0.717) is 37.2 Å². The van der Waals surface area contributed by atoms with Crippen LogP contribution in [0.3, 0.4) is 0 Å². The fraction of sp³-hybridized carbons (Fsp3) is 0.381. The van der Waals surface area contributed by atoms with Crippen molar-refractivity contribution >= 4 is 34.7 Å². The molecule has 7 heteroatoms. The molecule has 1 aliphatic heterocycles. The minimum absolute atomic E-state index is 0.0152. The molecule has 1 aliphatic rings. The fourth-order valence-electron chi connectivity index (χ4n) is 3.27. The van der Waals surface area contributed by atoms with Crippen LogP contribution in [-0.4, -0.2) is 41.8 Å². The van der Waals surface area contributed by atoms with Crippen molar-refractivity contribution in [2.45, 2.75) is 32.7 Å². The van der Waals surface area contributed by atoms with E-state index < -0.39 is 0 Å². The predicted octanol–water partition coefficient (Wildman–Crippen LogP) is 3.38. The number of hydrogen-bond acceptors (Lipinski definition) is 4. The molecule has 0 radical (unpaired) electrons. The Hall–Kier alpha value is -2.67. The first-order valence-corrected chi connectivity index (χ1v) is 10.4. The van der Waals surface area contributed by atoms with E-state index in [4.69, 9.17) is 0 Å². The lowest BCUT2D eigenvalue weighted by molar-refractivity contribution is -0.121. The average molecular weight is 400 g/mol. The van der Waals surface area contributed by atoms with Crippen molar-refractivity contribution in [3.63, 3.8) is 0 Å². The van der Waals surface area contributed by atoms with Crippen LogP contribution in [-0.2, 0) is 4.79 Å². The largest absolute Gasteiger partial charge is 0.350 e. The molecule has 3 rings (SSSR count). The van der Waals surface area contributed by atoms with Crippen LogP contribution < -0.4 is 10.6 Å². The van der Waals surface area contributed by atoms with Crippen molar-refractivity contribution in [3.05, 3.63) is 52.2 Å².